The van der Waals surface area contributed by atoms with Crippen LogP contribution in [-0.4, -0.2) is 19.3 Å². The number of pyridine rings is 1. The molecule has 5 nitrogen and oxygen atoms in total. The molecule has 3 atom stereocenters. The molecule has 0 amide bonds. The quantitative estimate of drug-likeness (QED) is 0.107. The smallest absolute Gasteiger partial charge is 0.509 e. The second kappa shape index (κ2) is 15.4. The van der Waals surface area contributed by atoms with Crippen LogP contribution in [0.3, 0.4) is 0 Å². The van der Waals surface area contributed by atoms with Gasteiger partial charge in [0.1, 0.15) is 5.82 Å². The minimum atomic E-state index is -0.113. The van der Waals surface area contributed by atoms with Crippen LogP contribution in [0.1, 0.15) is 109 Å². The van der Waals surface area contributed by atoms with Crippen LogP contribution in [-0.2, 0) is 32.9 Å². The summed E-state index contributed by atoms with van der Waals surface area (Å²) in [5, 5.41) is 7.46. The molecule has 3 heterocycles. The van der Waals surface area contributed by atoms with Gasteiger partial charge in [-0.05, 0) is 98.0 Å². The minimum Gasteiger partial charge on any atom is -0.509 e. The Hall–Kier alpha value is -3.95. The number of benzene rings is 3. The molecule has 0 N–H and O–H groups in total. The molecule has 3 aromatic heterocycles. The molecule has 278 valence electrons. The Bertz CT molecular complexity index is 2280. The molecule has 7 rings (SSSR count). The maximum atomic E-state index is 6.71. The van der Waals surface area contributed by atoms with Gasteiger partial charge in [-0.3, -0.25) is 4.68 Å². The van der Waals surface area contributed by atoms with Crippen molar-refractivity contribution in [3.63, 3.8) is 0 Å². The molecule has 53 heavy (non-hydrogen) atoms. The maximum absolute atomic E-state index is 6.71. The van der Waals surface area contributed by atoms with Crippen LogP contribution in [0.15, 0.2) is 78.5 Å². The van der Waals surface area contributed by atoms with Crippen LogP contribution >= 0.6 is 0 Å². The molecule has 0 fully saturated rings. The number of hydrogen-bond donors (Lipinski definition) is 0. The third-order valence-electron chi connectivity index (χ3n) is 11.3. The van der Waals surface area contributed by atoms with Gasteiger partial charge in [0.05, 0.1) is 5.69 Å². The van der Waals surface area contributed by atoms with Crippen LogP contribution in [0.25, 0.3) is 33.3 Å². The van der Waals surface area contributed by atoms with E-state index in [4.69, 9.17) is 14.8 Å². The molecule has 0 bridgehead atoms. The first-order valence-electron chi connectivity index (χ1n) is 19.2. The first kappa shape index (κ1) is 38.8. The van der Waals surface area contributed by atoms with E-state index in [1.165, 1.54) is 34.2 Å². The van der Waals surface area contributed by atoms with Gasteiger partial charge in [-0.2, -0.15) is 11.2 Å². The third kappa shape index (κ3) is 7.57. The van der Waals surface area contributed by atoms with Crippen LogP contribution in [0.5, 0.6) is 11.5 Å². The molecule has 1 aliphatic carbocycles. The van der Waals surface area contributed by atoms with Crippen LogP contribution in [0.4, 0.5) is 0 Å². The monoisotopic (exact) mass is 885 g/mol. The zero-order valence-corrected chi connectivity index (χ0v) is 35.4. The van der Waals surface area contributed by atoms with E-state index in [2.05, 4.69) is 151 Å². The summed E-state index contributed by atoms with van der Waals surface area (Å²) in [6.45, 7) is 22.7. The first-order valence-corrected chi connectivity index (χ1v) is 19.2. The van der Waals surface area contributed by atoms with E-state index in [-0.39, 0.29) is 26.5 Å². The Balaban J connectivity index is 0.00000481. The fourth-order valence-electron chi connectivity index (χ4n) is 8.38. The second-order valence-corrected chi connectivity index (χ2v) is 16.5. The molecule has 3 aromatic carbocycles. The summed E-state index contributed by atoms with van der Waals surface area (Å²) in [4.78, 5) is 4.84. The average molecular weight is 886 g/mol. The summed E-state index contributed by atoms with van der Waals surface area (Å²) < 4.78 is 11.0. The molecule has 0 aliphatic heterocycles. The Morgan fingerprint density at radius 2 is 1.72 bits per heavy atom. The minimum absolute atomic E-state index is 0. The predicted octanol–water partition coefficient (Wildman–Crippen LogP) is 12.4. The molecule has 1 aliphatic rings. The number of rotatable bonds is 9. The van der Waals surface area contributed by atoms with Crippen molar-refractivity contribution in [3.8, 4) is 23.0 Å². The summed E-state index contributed by atoms with van der Waals surface area (Å²) in [6, 6.07) is 28.6. The normalized spacial score (nSPS) is 17.7. The summed E-state index contributed by atoms with van der Waals surface area (Å²) in [5.74, 6) is 4.37. The van der Waals surface area contributed by atoms with Crippen molar-refractivity contribution in [2.24, 2.45) is 17.8 Å². The number of ether oxygens (including phenoxy) is 1. The summed E-state index contributed by atoms with van der Waals surface area (Å²) in [5.41, 5.74) is 10.3. The molecule has 1 unspecified atom stereocenters. The van der Waals surface area contributed by atoms with Crippen molar-refractivity contribution in [2.75, 3.05) is 0 Å². The molecule has 0 saturated heterocycles. The van der Waals surface area contributed by atoms with E-state index in [0.717, 1.165) is 58.4 Å². The van der Waals surface area contributed by atoms with Crippen molar-refractivity contribution in [1.29, 1.82) is 0 Å². The summed E-state index contributed by atoms with van der Waals surface area (Å²) in [7, 11) is 0. The van der Waals surface area contributed by atoms with E-state index in [1.54, 1.807) is 0 Å². The van der Waals surface area contributed by atoms with Gasteiger partial charge in [0.15, 0.2) is 0 Å². The molecular formula is C47H54N4OPt. The number of hydrogen-bond acceptors (Lipinski definition) is 3. The van der Waals surface area contributed by atoms with Crippen molar-refractivity contribution in [3.05, 3.63) is 119 Å². The van der Waals surface area contributed by atoms with E-state index in [9.17, 15) is 0 Å². The number of para-hydroxylation sites is 1. The van der Waals surface area contributed by atoms with Gasteiger partial charge in [0.25, 0.3) is 0 Å². The van der Waals surface area contributed by atoms with E-state index < -0.39 is 0 Å². The molecule has 6 heteroatoms. The molecule has 6 aromatic rings. The van der Waals surface area contributed by atoms with Crippen molar-refractivity contribution < 1.29 is 25.8 Å². The van der Waals surface area contributed by atoms with Crippen molar-refractivity contribution in [2.45, 2.75) is 106 Å². The van der Waals surface area contributed by atoms with E-state index >= 15 is 0 Å². The number of allylic oxidation sites excluding steroid dienone is 2. The number of aryl methyl sites for hydroxylation is 2. The largest absolute Gasteiger partial charge is 2.00 e. The van der Waals surface area contributed by atoms with E-state index in [1.807, 2.05) is 12.3 Å². The van der Waals surface area contributed by atoms with Crippen molar-refractivity contribution >= 4 is 21.8 Å². The first-order chi connectivity index (χ1) is 24.8. The van der Waals surface area contributed by atoms with Gasteiger partial charge < -0.3 is 9.30 Å². The summed E-state index contributed by atoms with van der Waals surface area (Å²) in [6.07, 6.45) is 9.00. The molecule has 0 radical (unpaired) electrons. The van der Waals surface area contributed by atoms with Crippen LogP contribution < -0.4 is 4.74 Å². The standard InChI is InChI=1S/C47H54N4O.Pt/c1-11-12-15-34-20-21-48-44(24-34)50-42-17-14-13-16-40(42)41-19-18-38(28-43(41)50)52-39-26-36(47(8,9)10)25-37(27-39)51-33(7)46(32(6)49-51)45-30(4)22-35(29(2)3)23-31(45)5;/h13-14,16-22,24-26,29,31,35,45H,11-12,15,23H2,1-10H3;/q-2;+2/t31-,35-,45?;/m0./s1. The zero-order chi connectivity index (χ0) is 36.9. The predicted molar refractivity (Wildman–Crippen MR) is 215 cm³/mol. The number of aromatic nitrogens is 4. The third-order valence-corrected chi connectivity index (χ3v) is 11.3. The Morgan fingerprint density at radius 3 is 2.43 bits per heavy atom. The van der Waals surface area contributed by atoms with Gasteiger partial charge in [-0.15, -0.1) is 41.3 Å². The number of nitrogens with zero attached hydrogens (tertiary/aromatic N) is 4. The second-order valence-electron chi connectivity index (χ2n) is 16.5. The van der Waals surface area contributed by atoms with Gasteiger partial charge in [0, 0.05) is 40.4 Å². The van der Waals surface area contributed by atoms with Crippen molar-refractivity contribution in [1.82, 2.24) is 19.3 Å². The SMILES string of the molecule is CCCCc1ccnc(-n2c3[c-]c(Oc4[c-]c(-n5nc(C)c(C6C(C)=C[C@H](C(C)C)C[C@@H]6C)c5C)cc(C(C)(C)C)c4)ccc3c3ccccc32)c1.[Pt+2]. The number of fused-ring (bicyclic) bond motifs is 3. The Kier molecular flexibility index (Phi) is 11.3. The van der Waals surface area contributed by atoms with Gasteiger partial charge >= 0.3 is 21.1 Å². The van der Waals surface area contributed by atoms with Gasteiger partial charge in [-0.1, -0.05) is 90.3 Å². The zero-order valence-electron chi connectivity index (χ0n) is 33.1. The topological polar surface area (TPSA) is 44.9 Å². The van der Waals surface area contributed by atoms with Crippen LogP contribution in [0.2, 0.25) is 0 Å². The number of unbranched alkanes of at least 4 members (excludes halogenated alkanes) is 1. The van der Waals surface area contributed by atoms with Gasteiger partial charge in [0.2, 0.25) is 0 Å². The maximum Gasteiger partial charge on any atom is 2.00 e. The molecular weight excluding hydrogens is 832 g/mol. The van der Waals surface area contributed by atoms with Crippen LogP contribution in [0, 0.1) is 43.7 Å². The fourth-order valence-corrected chi connectivity index (χ4v) is 8.38. The van der Waals surface area contributed by atoms with E-state index in [0.29, 0.717) is 35.2 Å². The summed E-state index contributed by atoms with van der Waals surface area (Å²) >= 11 is 0. The molecule has 0 saturated carbocycles. The Morgan fingerprint density at radius 1 is 0.943 bits per heavy atom. The Labute approximate surface area is 331 Å². The average Bonchev–Trinajstić information content (AvgIpc) is 3.59. The molecule has 0 spiro atoms. The fraction of sp³-hybridized carbons (Fsp3) is 0.404. The van der Waals surface area contributed by atoms with Gasteiger partial charge in [-0.25, -0.2) is 4.98 Å².